The zero-order valence-electron chi connectivity index (χ0n) is 21.4. The molecule has 1 aliphatic carbocycles. The molecule has 0 bridgehead atoms. The number of hydrogen-bond acceptors (Lipinski definition) is 6. The largest absolute Gasteiger partial charge is 0.504 e. The van der Waals surface area contributed by atoms with E-state index in [1.807, 2.05) is 18.2 Å². The monoisotopic (exact) mass is 561 g/mol. The number of aromatic hydroxyl groups is 1. The molecular weight excluding hydrogens is 528 g/mol. The zero-order chi connectivity index (χ0) is 26.1. The summed E-state index contributed by atoms with van der Waals surface area (Å²) in [5.74, 6) is -0.805. The number of hydrogen-bond donors (Lipinski definition) is 3. The molecule has 2 fully saturated rings. The second kappa shape index (κ2) is 12.2. The molecule has 1 saturated heterocycles. The number of nitrogens with one attached hydrogen (secondary N) is 1. The summed E-state index contributed by atoms with van der Waals surface area (Å²) in [5, 5.41) is 23.8. The fourth-order valence-electron chi connectivity index (χ4n) is 5.89. The molecule has 1 aliphatic heterocycles. The van der Waals surface area contributed by atoms with Crippen molar-refractivity contribution in [3.8, 4) is 16.9 Å². The van der Waals surface area contributed by atoms with E-state index < -0.39 is 11.6 Å². The molecule has 3 aromatic rings. The van der Waals surface area contributed by atoms with Crippen LogP contribution in [0.1, 0.15) is 55.8 Å². The van der Waals surface area contributed by atoms with Crippen LogP contribution >= 0.6 is 24.0 Å². The van der Waals surface area contributed by atoms with Crippen molar-refractivity contribution in [2.24, 2.45) is 5.92 Å². The molecule has 0 spiro atoms. The van der Waals surface area contributed by atoms with Gasteiger partial charge >= 0.3 is 0 Å². The Bertz CT molecular complexity index is 1290. The van der Waals surface area contributed by atoms with Gasteiger partial charge in [0.15, 0.2) is 17.3 Å². The minimum Gasteiger partial charge on any atom is -0.504 e. The van der Waals surface area contributed by atoms with Crippen molar-refractivity contribution in [2.45, 2.75) is 57.5 Å². The highest BCUT2D eigenvalue weighted by molar-refractivity contribution is 6.32. The number of pyridine rings is 1. The van der Waals surface area contributed by atoms with E-state index >= 15 is 0 Å². The van der Waals surface area contributed by atoms with E-state index in [-0.39, 0.29) is 35.9 Å². The van der Waals surface area contributed by atoms with Crippen LogP contribution in [0.2, 0.25) is 5.02 Å². The predicted octanol–water partition coefficient (Wildman–Crippen LogP) is 6.45. The highest BCUT2D eigenvalue weighted by atomic mass is 35.5. The number of nitrogens with zero attached hydrogens (tertiary/aromatic N) is 2. The molecule has 2 aliphatic rings. The van der Waals surface area contributed by atoms with E-state index in [4.69, 9.17) is 11.6 Å². The quantitative estimate of drug-likeness (QED) is 0.287. The van der Waals surface area contributed by atoms with Crippen molar-refractivity contribution in [3.05, 3.63) is 52.9 Å². The Morgan fingerprint density at radius 3 is 2.61 bits per heavy atom. The summed E-state index contributed by atoms with van der Waals surface area (Å²) in [5.41, 5.74) is 3.27. The van der Waals surface area contributed by atoms with Gasteiger partial charge in [0.05, 0.1) is 28.4 Å². The van der Waals surface area contributed by atoms with Gasteiger partial charge in [0, 0.05) is 30.2 Å². The highest BCUT2D eigenvalue weighted by Gasteiger charge is 2.29. The maximum atomic E-state index is 14.2. The van der Waals surface area contributed by atoms with E-state index in [1.54, 1.807) is 6.20 Å². The van der Waals surface area contributed by atoms with Crippen molar-refractivity contribution in [1.82, 2.24) is 9.88 Å². The van der Waals surface area contributed by atoms with E-state index in [9.17, 15) is 19.4 Å². The molecule has 1 saturated carbocycles. The van der Waals surface area contributed by atoms with Gasteiger partial charge in [0.1, 0.15) is 0 Å². The lowest BCUT2D eigenvalue weighted by Gasteiger charge is -2.34. The third kappa shape index (κ3) is 5.91. The maximum Gasteiger partial charge on any atom is 0.170 e. The normalized spacial score (nSPS) is 21.8. The molecule has 38 heavy (non-hydrogen) atoms. The standard InChI is InChI=1S/C29H33ClFN3O3.ClH/c1-17(36)24-14-32-27-9-6-19(20-12-25(30)29(37)26(31)13-20)11-23(27)28(24)33-21-7-4-18(5-8-21)15-34-10-2-3-22(34)16-35;/h6,9,11-14,18,21-22,35,37H,2-5,7-8,10,15-16H2,1H3,(H,32,33);1H. The molecular formula is C29H34Cl2FN3O3. The van der Waals surface area contributed by atoms with Gasteiger partial charge in [0.25, 0.3) is 0 Å². The second-order valence-electron chi connectivity index (χ2n) is 10.5. The summed E-state index contributed by atoms with van der Waals surface area (Å²) in [6.07, 6.45) is 8.07. The SMILES string of the molecule is CC(=O)c1cnc2ccc(-c3cc(F)c(O)c(Cl)c3)cc2c1NC1CCC(CN2CCCC2CO)CC1.Cl. The minimum absolute atomic E-state index is 0. The van der Waals surface area contributed by atoms with E-state index in [0.717, 1.165) is 68.2 Å². The number of aliphatic hydroxyl groups is 1. The van der Waals surface area contributed by atoms with Gasteiger partial charge in [-0.3, -0.25) is 14.7 Å². The summed E-state index contributed by atoms with van der Waals surface area (Å²) in [4.78, 5) is 19.5. The first kappa shape index (κ1) is 28.6. The number of rotatable bonds is 7. The molecule has 5 rings (SSSR count). The smallest absolute Gasteiger partial charge is 0.170 e. The van der Waals surface area contributed by atoms with Crippen LogP contribution in [0.3, 0.4) is 0 Å². The van der Waals surface area contributed by atoms with Crippen molar-refractivity contribution < 1.29 is 19.4 Å². The summed E-state index contributed by atoms with van der Waals surface area (Å²) in [6, 6.07) is 8.90. The summed E-state index contributed by atoms with van der Waals surface area (Å²) < 4.78 is 14.2. The summed E-state index contributed by atoms with van der Waals surface area (Å²) >= 11 is 6.02. The number of carbonyl (C=O) groups is 1. The van der Waals surface area contributed by atoms with Crippen molar-refractivity contribution >= 4 is 46.4 Å². The molecule has 1 unspecified atom stereocenters. The van der Waals surface area contributed by atoms with Crippen LogP contribution in [-0.4, -0.2) is 57.7 Å². The average molecular weight is 563 g/mol. The lowest BCUT2D eigenvalue weighted by molar-refractivity contribution is 0.101. The van der Waals surface area contributed by atoms with Gasteiger partial charge in [-0.2, -0.15) is 0 Å². The third-order valence-corrected chi connectivity index (χ3v) is 8.28. The van der Waals surface area contributed by atoms with Gasteiger partial charge in [-0.25, -0.2) is 4.39 Å². The van der Waals surface area contributed by atoms with Crippen molar-refractivity contribution in [1.29, 1.82) is 0 Å². The molecule has 3 N–H and O–H groups in total. The number of phenols is 1. The van der Waals surface area contributed by atoms with Crippen LogP contribution in [0, 0.1) is 11.7 Å². The van der Waals surface area contributed by atoms with Crippen LogP contribution in [0.25, 0.3) is 22.0 Å². The van der Waals surface area contributed by atoms with Crippen LogP contribution in [-0.2, 0) is 0 Å². The Morgan fingerprint density at radius 2 is 1.92 bits per heavy atom. The number of phenolic OH excluding ortho intramolecular Hbond substituents is 1. The maximum absolute atomic E-state index is 14.2. The van der Waals surface area contributed by atoms with Crippen LogP contribution in [0.4, 0.5) is 10.1 Å². The van der Waals surface area contributed by atoms with Gasteiger partial charge < -0.3 is 15.5 Å². The number of Topliss-reactive ketones (excluding diaryl/α,β-unsaturated/α-hetero) is 1. The molecule has 1 atom stereocenters. The van der Waals surface area contributed by atoms with E-state index in [0.29, 0.717) is 28.7 Å². The number of carbonyl (C=O) groups excluding carboxylic acids is 1. The fourth-order valence-corrected chi connectivity index (χ4v) is 6.10. The van der Waals surface area contributed by atoms with Gasteiger partial charge in [-0.05, 0) is 93.3 Å². The predicted molar refractivity (Wildman–Crippen MR) is 152 cm³/mol. The first-order valence-electron chi connectivity index (χ1n) is 13.1. The third-order valence-electron chi connectivity index (χ3n) is 8.00. The zero-order valence-corrected chi connectivity index (χ0v) is 23.0. The lowest BCUT2D eigenvalue weighted by atomic mass is 9.85. The fraction of sp³-hybridized carbons (Fsp3) is 0.448. The highest BCUT2D eigenvalue weighted by Crippen LogP contribution is 2.37. The molecule has 9 heteroatoms. The molecule has 6 nitrogen and oxygen atoms in total. The summed E-state index contributed by atoms with van der Waals surface area (Å²) in [6.45, 7) is 3.90. The van der Waals surface area contributed by atoms with Gasteiger partial charge in [0.2, 0.25) is 0 Å². The second-order valence-corrected chi connectivity index (χ2v) is 10.9. The number of aromatic nitrogens is 1. The molecule has 1 aromatic heterocycles. The van der Waals surface area contributed by atoms with Crippen LogP contribution in [0.15, 0.2) is 36.5 Å². The Hall–Kier alpha value is -2.45. The number of aliphatic hydroxyl groups excluding tert-OH is 1. The molecule has 0 amide bonds. The number of fused-ring (bicyclic) bond motifs is 1. The first-order chi connectivity index (χ1) is 17.8. The Kier molecular flexibility index (Phi) is 9.14. The Labute approximate surface area is 233 Å². The van der Waals surface area contributed by atoms with Crippen molar-refractivity contribution in [3.63, 3.8) is 0 Å². The number of anilines is 1. The first-order valence-corrected chi connectivity index (χ1v) is 13.5. The Balaban J connectivity index is 0.00000336. The lowest BCUT2D eigenvalue weighted by Crippen LogP contribution is -2.38. The summed E-state index contributed by atoms with van der Waals surface area (Å²) in [7, 11) is 0. The molecule has 2 aromatic carbocycles. The van der Waals surface area contributed by atoms with E-state index in [1.165, 1.54) is 19.1 Å². The van der Waals surface area contributed by atoms with Crippen LogP contribution in [0.5, 0.6) is 5.75 Å². The molecule has 204 valence electrons. The minimum atomic E-state index is -0.785. The number of ketones is 1. The molecule has 2 heterocycles. The number of benzene rings is 2. The Morgan fingerprint density at radius 1 is 1.16 bits per heavy atom. The van der Waals surface area contributed by atoms with Crippen molar-refractivity contribution in [2.75, 3.05) is 25.0 Å². The van der Waals surface area contributed by atoms with Crippen LogP contribution < -0.4 is 5.32 Å². The van der Waals surface area contributed by atoms with E-state index in [2.05, 4.69) is 15.2 Å². The molecule has 0 radical (unpaired) electrons. The van der Waals surface area contributed by atoms with Gasteiger partial charge in [-0.1, -0.05) is 17.7 Å². The topological polar surface area (TPSA) is 85.7 Å². The number of halogens is 3. The number of likely N-dealkylation sites (tertiary alicyclic amines) is 1. The van der Waals surface area contributed by atoms with Gasteiger partial charge in [-0.15, -0.1) is 12.4 Å². The average Bonchev–Trinajstić information content (AvgIpc) is 3.34.